The fourth-order valence-electron chi connectivity index (χ4n) is 8.38. The van der Waals surface area contributed by atoms with Gasteiger partial charge in [0.15, 0.2) is 0 Å². The molecule has 4 aliphatic carbocycles. The normalized spacial score (nSPS) is 60.3. The molecule has 0 aromatic rings. The van der Waals surface area contributed by atoms with E-state index in [0.717, 1.165) is 30.3 Å². The quantitative estimate of drug-likeness (QED) is 0.567. The predicted octanol–water partition coefficient (Wildman–Crippen LogP) is 5.58. The Hall–Kier alpha value is -0.0400. The van der Waals surface area contributed by atoms with E-state index in [1.54, 1.807) is 6.42 Å². The van der Waals surface area contributed by atoms with Crippen LogP contribution >= 0.6 is 0 Å². The van der Waals surface area contributed by atoms with Gasteiger partial charge in [0.25, 0.3) is 0 Å². The molecule has 1 aliphatic heterocycles. The number of hydrogen-bond donors (Lipinski definition) is 0. The molecule has 1 heterocycles. The van der Waals surface area contributed by atoms with Crippen LogP contribution in [0.15, 0.2) is 0 Å². The topological polar surface area (TPSA) is 9.23 Å². The van der Waals surface area contributed by atoms with Crippen LogP contribution in [-0.2, 0) is 4.74 Å². The molecule has 1 spiro atoms. The highest BCUT2D eigenvalue weighted by molar-refractivity contribution is 5.16. The van der Waals surface area contributed by atoms with Crippen molar-refractivity contribution in [1.82, 2.24) is 0 Å². The summed E-state index contributed by atoms with van der Waals surface area (Å²) in [5.41, 5.74) is 1.52. The fourth-order valence-corrected chi connectivity index (χ4v) is 8.38. The molecule has 22 heavy (non-hydrogen) atoms. The SMILES string of the molecule is C[C@]12CCCC[C@@H]1CC[C@@H]1[C@H]2CC[C@@]2(C)[C@@H]1CC[C@@]21CCO1. The molecule has 0 radical (unpaired) electrons. The van der Waals surface area contributed by atoms with Gasteiger partial charge >= 0.3 is 0 Å². The highest BCUT2D eigenvalue weighted by Gasteiger charge is 2.66. The van der Waals surface area contributed by atoms with Gasteiger partial charge in [0, 0.05) is 6.42 Å². The van der Waals surface area contributed by atoms with Crippen molar-refractivity contribution in [3.63, 3.8) is 0 Å². The van der Waals surface area contributed by atoms with Crippen LogP contribution in [-0.4, -0.2) is 12.2 Å². The van der Waals surface area contributed by atoms with Gasteiger partial charge in [0.05, 0.1) is 12.2 Å². The summed E-state index contributed by atoms with van der Waals surface area (Å²) >= 11 is 0. The van der Waals surface area contributed by atoms with Crippen molar-refractivity contribution in [2.45, 2.75) is 90.1 Å². The zero-order chi connectivity index (χ0) is 15.0. The Kier molecular flexibility index (Phi) is 2.94. The first kappa shape index (κ1) is 14.3. The third-order valence-corrected chi connectivity index (χ3v) is 9.76. The van der Waals surface area contributed by atoms with Crippen LogP contribution in [0.3, 0.4) is 0 Å². The molecular formula is C21H34O. The van der Waals surface area contributed by atoms with Crippen LogP contribution in [0.1, 0.15) is 84.5 Å². The zero-order valence-corrected chi connectivity index (χ0v) is 14.7. The summed E-state index contributed by atoms with van der Waals surface area (Å²) in [4.78, 5) is 0. The third-order valence-electron chi connectivity index (χ3n) is 9.76. The Morgan fingerprint density at radius 3 is 2.36 bits per heavy atom. The smallest absolute Gasteiger partial charge is 0.0760 e. The maximum absolute atomic E-state index is 6.26. The molecule has 1 nitrogen and oxygen atoms in total. The Bertz CT molecular complexity index is 465. The van der Waals surface area contributed by atoms with Crippen molar-refractivity contribution in [1.29, 1.82) is 0 Å². The fraction of sp³-hybridized carbons (Fsp3) is 1.00. The molecule has 7 atom stereocenters. The van der Waals surface area contributed by atoms with Gasteiger partial charge < -0.3 is 4.74 Å². The van der Waals surface area contributed by atoms with Crippen LogP contribution in [0.2, 0.25) is 0 Å². The maximum atomic E-state index is 6.26. The van der Waals surface area contributed by atoms with E-state index >= 15 is 0 Å². The van der Waals surface area contributed by atoms with Crippen molar-refractivity contribution in [2.24, 2.45) is 34.5 Å². The van der Waals surface area contributed by atoms with Gasteiger partial charge in [0.2, 0.25) is 0 Å². The molecule has 5 fully saturated rings. The van der Waals surface area contributed by atoms with Gasteiger partial charge in [-0.15, -0.1) is 0 Å². The van der Waals surface area contributed by atoms with Gasteiger partial charge in [-0.05, 0) is 85.9 Å². The molecule has 0 amide bonds. The van der Waals surface area contributed by atoms with Crippen LogP contribution in [0.25, 0.3) is 0 Å². The second-order valence-corrected chi connectivity index (χ2v) is 9.99. The van der Waals surface area contributed by atoms with Gasteiger partial charge in [-0.25, -0.2) is 0 Å². The number of rotatable bonds is 0. The van der Waals surface area contributed by atoms with Gasteiger partial charge in [-0.3, -0.25) is 0 Å². The number of hydrogen-bond acceptors (Lipinski definition) is 1. The molecular weight excluding hydrogens is 268 g/mol. The summed E-state index contributed by atoms with van der Waals surface area (Å²) in [7, 11) is 0. The lowest BCUT2D eigenvalue weighted by Gasteiger charge is -2.63. The largest absolute Gasteiger partial charge is 0.374 e. The van der Waals surface area contributed by atoms with Crippen LogP contribution < -0.4 is 0 Å². The van der Waals surface area contributed by atoms with E-state index in [-0.39, 0.29) is 0 Å². The summed E-state index contributed by atoms with van der Waals surface area (Å²) in [5, 5.41) is 0. The predicted molar refractivity (Wildman–Crippen MR) is 89.6 cm³/mol. The van der Waals surface area contributed by atoms with Crippen molar-refractivity contribution in [2.75, 3.05) is 6.61 Å². The summed E-state index contributed by atoms with van der Waals surface area (Å²) in [5.74, 6) is 4.11. The van der Waals surface area contributed by atoms with Gasteiger partial charge in [0.1, 0.15) is 0 Å². The second-order valence-electron chi connectivity index (χ2n) is 9.99. The Balaban J connectivity index is 1.47. The van der Waals surface area contributed by atoms with Crippen LogP contribution in [0.5, 0.6) is 0 Å². The minimum atomic E-state index is 0.312. The second kappa shape index (κ2) is 4.52. The maximum Gasteiger partial charge on any atom is 0.0760 e. The molecule has 124 valence electrons. The minimum Gasteiger partial charge on any atom is -0.374 e. The Labute approximate surface area is 136 Å². The first-order chi connectivity index (χ1) is 10.6. The highest BCUT2D eigenvalue weighted by Crippen LogP contribution is 2.70. The molecule has 0 N–H and O–H groups in total. The average Bonchev–Trinajstić information content (AvgIpc) is 2.79. The van der Waals surface area contributed by atoms with E-state index in [9.17, 15) is 0 Å². The Morgan fingerprint density at radius 1 is 0.773 bits per heavy atom. The zero-order valence-electron chi connectivity index (χ0n) is 14.7. The van der Waals surface area contributed by atoms with E-state index in [4.69, 9.17) is 4.74 Å². The van der Waals surface area contributed by atoms with Crippen molar-refractivity contribution in [3.05, 3.63) is 0 Å². The molecule has 5 rings (SSSR count). The number of ether oxygens (including phenoxy) is 1. The highest BCUT2D eigenvalue weighted by atomic mass is 16.5. The third kappa shape index (κ3) is 1.55. The minimum absolute atomic E-state index is 0.312. The van der Waals surface area contributed by atoms with E-state index in [2.05, 4.69) is 13.8 Å². The molecule has 0 unspecified atom stereocenters. The first-order valence-corrected chi connectivity index (χ1v) is 10.2. The van der Waals surface area contributed by atoms with Crippen LogP contribution in [0, 0.1) is 34.5 Å². The van der Waals surface area contributed by atoms with Crippen molar-refractivity contribution < 1.29 is 4.74 Å². The molecule has 0 aromatic heterocycles. The first-order valence-electron chi connectivity index (χ1n) is 10.2. The standard InChI is InChI=1S/C21H34O/c1-19-10-4-3-5-15(19)6-7-16-17(19)8-11-20(2)18(16)9-12-21(20)13-14-22-21/h15-18H,3-14H2,1-2H3/t15-,16-,17-,18-,19+,20+,21-/m1/s1. The summed E-state index contributed by atoms with van der Waals surface area (Å²) < 4.78 is 6.26. The Morgan fingerprint density at radius 2 is 1.59 bits per heavy atom. The molecule has 0 bridgehead atoms. The van der Waals surface area contributed by atoms with E-state index < -0.39 is 0 Å². The molecule has 1 saturated heterocycles. The van der Waals surface area contributed by atoms with Gasteiger partial charge in [-0.1, -0.05) is 26.7 Å². The molecule has 5 aliphatic rings. The molecule has 0 aromatic carbocycles. The van der Waals surface area contributed by atoms with E-state index in [0.29, 0.717) is 16.4 Å². The summed E-state index contributed by atoms with van der Waals surface area (Å²) in [6, 6.07) is 0. The average molecular weight is 303 g/mol. The lowest BCUT2D eigenvalue weighted by molar-refractivity contribution is -0.231. The van der Waals surface area contributed by atoms with Gasteiger partial charge in [-0.2, -0.15) is 0 Å². The monoisotopic (exact) mass is 302 g/mol. The lowest BCUT2D eigenvalue weighted by Crippen LogP contribution is -2.59. The summed E-state index contributed by atoms with van der Waals surface area (Å²) in [6.07, 6.45) is 16.3. The van der Waals surface area contributed by atoms with Crippen molar-refractivity contribution >= 4 is 0 Å². The van der Waals surface area contributed by atoms with E-state index in [1.165, 1.54) is 64.2 Å². The van der Waals surface area contributed by atoms with Crippen LogP contribution in [0.4, 0.5) is 0 Å². The van der Waals surface area contributed by atoms with E-state index in [1.807, 2.05) is 0 Å². The number of fused-ring (bicyclic) bond motifs is 6. The van der Waals surface area contributed by atoms with Crippen molar-refractivity contribution in [3.8, 4) is 0 Å². The molecule has 4 saturated carbocycles. The molecule has 1 heteroatoms. The summed E-state index contributed by atoms with van der Waals surface area (Å²) in [6.45, 7) is 6.35. The lowest BCUT2D eigenvalue weighted by atomic mass is 9.44.